The molecule has 0 fully saturated rings. The van der Waals surface area contributed by atoms with Crippen LogP contribution in [0.15, 0.2) is 54.6 Å². The minimum atomic E-state index is -0.569. The number of benzene rings is 2. The number of nitrogens with zero attached hydrogens (tertiary/aromatic N) is 1. The molecule has 0 aliphatic heterocycles. The van der Waals surface area contributed by atoms with Crippen LogP contribution in [0.5, 0.6) is 0 Å². The van der Waals surface area contributed by atoms with Gasteiger partial charge in [0.2, 0.25) is 0 Å². The number of hydrogen-bond acceptors (Lipinski definition) is 5. The standard InChI is InChI=1S/C19H15ClN2O3S/c1-12-21-17(13-5-3-2-4-6-13)18(26-12)19(24)25-11-16(23)22-15-9-7-14(20)8-10-15/h2-10H,11H2,1H3,(H,22,23). The van der Waals surface area contributed by atoms with Crippen molar-refractivity contribution in [1.82, 2.24) is 4.98 Å². The first-order valence-corrected chi connectivity index (χ1v) is 8.98. The van der Waals surface area contributed by atoms with Crippen molar-refractivity contribution in [3.63, 3.8) is 0 Å². The summed E-state index contributed by atoms with van der Waals surface area (Å²) in [6, 6.07) is 16.0. The minimum Gasteiger partial charge on any atom is -0.451 e. The van der Waals surface area contributed by atoms with Crippen molar-refractivity contribution in [2.75, 3.05) is 11.9 Å². The zero-order valence-electron chi connectivity index (χ0n) is 13.9. The van der Waals surface area contributed by atoms with Crippen LogP contribution in [0, 0.1) is 6.92 Å². The molecule has 3 aromatic rings. The molecule has 132 valence electrons. The van der Waals surface area contributed by atoms with Crippen LogP contribution >= 0.6 is 22.9 Å². The van der Waals surface area contributed by atoms with E-state index in [-0.39, 0.29) is 6.61 Å². The molecule has 1 aromatic heterocycles. The van der Waals surface area contributed by atoms with Gasteiger partial charge in [-0.1, -0.05) is 41.9 Å². The van der Waals surface area contributed by atoms with E-state index in [1.54, 1.807) is 24.3 Å². The number of hydrogen-bond donors (Lipinski definition) is 1. The van der Waals surface area contributed by atoms with Crippen molar-refractivity contribution in [2.45, 2.75) is 6.92 Å². The molecule has 0 atom stereocenters. The van der Waals surface area contributed by atoms with Crippen molar-refractivity contribution < 1.29 is 14.3 Å². The van der Waals surface area contributed by atoms with Crippen LogP contribution in [-0.4, -0.2) is 23.5 Å². The Hall–Kier alpha value is -2.70. The Balaban J connectivity index is 1.65. The second kappa shape index (κ2) is 8.12. The Kier molecular flexibility index (Phi) is 5.65. The Bertz CT molecular complexity index is 924. The highest BCUT2D eigenvalue weighted by Crippen LogP contribution is 2.28. The van der Waals surface area contributed by atoms with Gasteiger partial charge in [0.1, 0.15) is 4.88 Å². The summed E-state index contributed by atoms with van der Waals surface area (Å²) in [6.07, 6.45) is 0. The Morgan fingerprint density at radius 3 is 2.50 bits per heavy atom. The first-order chi connectivity index (χ1) is 12.5. The van der Waals surface area contributed by atoms with E-state index in [2.05, 4.69) is 10.3 Å². The van der Waals surface area contributed by atoms with Crippen LogP contribution < -0.4 is 5.32 Å². The number of rotatable bonds is 5. The second-order valence-corrected chi connectivity index (χ2v) is 7.05. The van der Waals surface area contributed by atoms with Crippen molar-refractivity contribution in [2.24, 2.45) is 0 Å². The molecule has 1 heterocycles. The summed E-state index contributed by atoms with van der Waals surface area (Å²) in [6.45, 7) is 1.44. The number of nitrogens with one attached hydrogen (secondary N) is 1. The third-order valence-corrected chi connectivity index (χ3v) is 4.63. The highest BCUT2D eigenvalue weighted by Gasteiger charge is 2.20. The summed E-state index contributed by atoms with van der Waals surface area (Å²) in [7, 11) is 0. The van der Waals surface area contributed by atoms with Gasteiger partial charge in [-0.2, -0.15) is 0 Å². The maximum Gasteiger partial charge on any atom is 0.351 e. The molecule has 7 heteroatoms. The van der Waals surface area contributed by atoms with Crippen LogP contribution in [0.3, 0.4) is 0 Å². The van der Waals surface area contributed by atoms with Crippen molar-refractivity contribution in [1.29, 1.82) is 0 Å². The van der Waals surface area contributed by atoms with Gasteiger partial charge in [0, 0.05) is 16.3 Å². The van der Waals surface area contributed by atoms with Crippen LogP contribution in [0.25, 0.3) is 11.3 Å². The van der Waals surface area contributed by atoms with E-state index in [0.717, 1.165) is 10.6 Å². The lowest BCUT2D eigenvalue weighted by atomic mass is 10.1. The fraction of sp³-hybridized carbons (Fsp3) is 0.105. The van der Waals surface area contributed by atoms with Crippen LogP contribution in [0.1, 0.15) is 14.7 Å². The van der Waals surface area contributed by atoms with Gasteiger partial charge >= 0.3 is 5.97 Å². The van der Waals surface area contributed by atoms with Crippen molar-refractivity contribution in [3.05, 3.63) is 69.5 Å². The summed E-state index contributed by atoms with van der Waals surface area (Å²) < 4.78 is 5.15. The number of esters is 1. The molecule has 0 saturated carbocycles. The minimum absolute atomic E-state index is 0.382. The van der Waals surface area contributed by atoms with Gasteiger partial charge in [-0.25, -0.2) is 9.78 Å². The largest absolute Gasteiger partial charge is 0.451 e. The number of carbonyl (C=O) groups excluding carboxylic acids is 2. The molecule has 5 nitrogen and oxygen atoms in total. The lowest BCUT2D eigenvalue weighted by molar-refractivity contribution is -0.119. The van der Waals surface area contributed by atoms with Gasteiger partial charge in [0.25, 0.3) is 5.91 Å². The van der Waals surface area contributed by atoms with Gasteiger partial charge in [-0.15, -0.1) is 11.3 Å². The monoisotopic (exact) mass is 386 g/mol. The summed E-state index contributed by atoms with van der Waals surface area (Å²) in [5.41, 5.74) is 1.97. The molecule has 0 bridgehead atoms. The van der Waals surface area contributed by atoms with E-state index in [1.807, 2.05) is 37.3 Å². The molecule has 0 saturated heterocycles. The molecule has 0 aliphatic carbocycles. The maximum atomic E-state index is 12.4. The SMILES string of the molecule is Cc1nc(-c2ccccc2)c(C(=O)OCC(=O)Nc2ccc(Cl)cc2)s1. The molecule has 0 radical (unpaired) electrons. The van der Waals surface area contributed by atoms with E-state index in [4.69, 9.17) is 16.3 Å². The number of amides is 1. The van der Waals surface area contributed by atoms with Crippen LogP contribution in [0.2, 0.25) is 5.02 Å². The average molecular weight is 387 g/mol. The Labute approximate surface area is 159 Å². The van der Waals surface area contributed by atoms with Gasteiger partial charge in [0.05, 0.1) is 10.7 Å². The van der Waals surface area contributed by atoms with Crippen molar-refractivity contribution >= 4 is 40.5 Å². The summed E-state index contributed by atoms with van der Waals surface area (Å²) in [4.78, 5) is 29.2. The molecule has 0 unspecified atom stereocenters. The van der Waals surface area contributed by atoms with E-state index >= 15 is 0 Å². The van der Waals surface area contributed by atoms with E-state index in [0.29, 0.717) is 21.3 Å². The number of aromatic nitrogens is 1. The first-order valence-electron chi connectivity index (χ1n) is 7.78. The number of carbonyl (C=O) groups is 2. The molecule has 26 heavy (non-hydrogen) atoms. The highest BCUT2D eigenvalue weighted by molar-refractivity contribution is 7.14. The predicted octanol–water partition coefficient (Wildman–Crippen LogP) is 4.57. The summed E-state index contributed by atoms with van der Waals surface area (Å²) in [5, 5.41) is 3.96. The molecule has 0 aliphatic rings. The zero-order chi connectivity index (χ0) is 18.5. The quantitative estimate of drug-likeness (QED) is 0.652. The second-order valence-electron chi connectivity index (χ2n) is 5.41. The number of halogens is 1. The smallest absolute Gasteiger partial charge is 0.351 e. The molecule has 2 aromatic carbocycles. The molecule has 1 amide bonds. The van der Waals surface area contributed by atoms with E-state index in [9.17, 15) is 9.59 Å². The lowest BCUT2D eigenvalue weighted by Crippen LogP contribution is -2.20. The molecular formula is C19H15ClN2O3S. The lowest BCUT2D eigenvalue weighted by Gasteiger charge is -2.07. The fourth-order valence-electron chi connectivity index (χ4n) is 2.28. The van der Waals surface area contributed by atoms with E-state index < -0.39 is 11.9 Å². The number of aryl methyl sites for hydroxylation is 1. The molecular weight excluding hydrogens is 372 g/mol. The molecule has 0 spiro atoms. The van der Waals surface area contributed by atoms with Crippen molar-refractivity contribution in [3.8, 4) is 11.3 Å². The van der Waals surface area contributed by atoms with E-state index in [1.165, 1.54) is 11.3 Å². The van der Waals surface area contributed by atoms with Gasteiger partial charge in [0.15, 0.2) is 6.61 Å². The Morgan fingerprint density at radius 1 is 1.12 bits per heavy atom. The Morgan fingerprint density at radius 2 is 1.81 bits per heavy atom. The molecule has 3 rings (SSSR count). The van der Waals surface area contributed by atoms with Crippen LogP contribution in [0.4, 0.5) is 5.69 Å². The number of thiazole rings is 1. The number of ether oxygens (including phenoxy) is 1. The maximum absolute atomic E-state index is 12.4. The fourth-order valence-corrected chi connectivity index (χ4v) is 3.24. The normalized spacial score (nSPS) is 10.4. The molecule has 1 N–H and O–H groups in total. The third kappa shape index (κ3) is 4.47. The highest BCUT2D eigenvalue weighted by atomic mass is 35.5. The zero-order valence-corrected chi connectivity index (χ0v) is 15.4. The van der Waals surface area contributed by atoms with Gasteiger partial charge in [-0.3, -0.25) is 4.79 Å². The van der Waals surface area contributed by atoms with Gasteiger partial charge in [-0.05, 0) is 31.2 Å². The average Bonchev–Trinajstić information content (AvgIpc) is 3.04. The topological polar surface area (TPSA) is 68.3 Å². The van der Waals surface area contributed by atoms with Crippen LogP contribution in [-0.2, 0) is 9.53 Å². The third-order valence-electron chi connectivity index (χ3n) is 3.43. The first kappa shape index (κ1) is 18.1. The van der Waals surface area contributed by atoms with Gasteiger partial charge < -0.3 is 10.1 Å². The summed E-state index contributed by atoms with van der Waals surface area (Å²) in [5.74, 6) is -0.996. The summed E-state index contributed by atoms with van der Waals surface area (Å²) >= 11 is 7.04. The number of anilines is 1. The predicted molar refractivity (Wildman–Crippen MR) is 103 cm³/mol.